The molecule has 0 radical (unpaired) electrons. The van der Waals surface area contributed by atoms with Crippen molar-refractivity contribution >= 4 is 17.6 Å². The average molecular weight is 546 g/mol. The van der Waals surface area contributed by atoms with E-state index in [1.807, 2.05) is 51.1 Å². The molecule has 1 aromatic carbocycles. The summed E-state index contributed by atoms with van der Waals surface area (Å²) >= 11 is 0. The van der Waals surface area contributed by atoms with Crippen LogP contribution in [0.5, 0.6) is 5.75 Å². The molecule has 1 aliphatic carbocycles. The lowest BCUT2D eigenvalue weighted by molar-refractivity contribution is 0.0270. The molecule has 1 N–H and O–H groups in total. The number of hydrogen-bond donors (Lipinski definition) is 1. The standard InChI is InChI=1S/C32H39N3O5/c1-32(2,3)40-31(38)34-15-12-24(13-16-34)25-9-10-28-29(19-25)39-18-17-35(30(28)37)22-27(36)21-33-14-11-23-7-5-4-6-8-26(23)20-33/h6,8-10,12,19,27,36H,7,11,13-18,20-22H2,1-3H3/t27-/m1/s1. The molecule has 3 aliphatic heterocycles. The molecule has 212 valence electrons. The van der Waals surface area contributed by atoms with E-state index in [0.29, 0.717) is 50.5 Å². The Bertz CT molecular complexity index is 1310. The second-order valence-corrected chi connectivity index (χ2v) is 11.8. The maximum atomic E-state index is 13.4. The number of rotatable bonds is 5. The summed E-state index contributed by atoms with van der Waals surface area (Å²) in [5, 5.41) is 10.9. The molecule has 0 saturated heterocycles. The monoisotopic (exact) mass is 545 g/mol. The molecule has 1 aromatic rings. The van der Waals surface area contributed by atoms with Gasteiger partial charge in [-0.05, 0) is 74.6 Å². The fourth-order valence-electron chi connectivity index (χ4n) is 5.54. The SMILES string of the molecule is CC(C)(C)OC(=O)N1CC=C(c2ccc3c(c2)OCCN(C[C@H](O)CN2CCC4=C(C=CC#CC4)C2)C3=O)CC1. The Balaban J connectivity index is 1.19. The Hall–Kier alpha value is -3.54. The minimum atomic E-state index is -0.654. The van der Waals surface area contributed by atoms with Gasteiger partial charge in [0.1, 0.15) is 18.0 Å². The van der Waals surface area contributed by atoms with Crippen molar-refractivity contribution in [2.24, 2.45) is 0 Å². The van der Waals surface area contributed by atoms with Crippen LogP contribution in [0, 0.1) is 11.8 Å². The Morgan fingerprint density at radius 2 is 2.02 bits per heavy atom. The van der Waals surface area contributed by atoms with Crippen LogP contribution in [0.15, 0.2) is 47.6 Å². The molecule has 8 nitrogen and oxygen atoms in total. The topological polar surface area (TPSA) is 82.5 Å². The smallest absolute Gasteiger partial charge is 0.410 e. The molecule has 40 heavy (non-hydrogen) atoms. The molecule has 2 amide bonds. The third-order valence-corrected chi connectivity index (χ3v) is 7.60. The van der Waals surface area contributed by atoms with E-state index in [4.69, 9.17) is 9.47 Å². The van der Waals surface area contributed by atoms with Gasteiger partial charge in [0.25, 0.3) is 5.91 Å². The lowest BCUT2D eigenvalue weighted by Crippen LogP contribution is -2.44. The first-order valence-corrected chi connectivity index (χ1v) is 14.2. The Kier molecular flexibility index (Phi) is 8.34. The summed E-state index contributed by atoms with van der Waals surface area (Å²) in [5.74, 6) is 6.65. The van der Waals surface area contributed by atoms with E-state index in [9.17, 15) is 14.7 Å². The van der Waals surface area contributed by atoms with Gasteiger partial charge in [0, 0.05) is 45.7 Å². The fraction of sp³-hybridized carbons (Fsp3) is 0.500. The molecule has 0 unspecified atom stereocenters. The van der Waals surface area contributed by atoms with E-state index in [1.165, 1.54) is 11.1 Å². The number of aliphatic hydroxyl groups is 1. The fourth-order valence-corrected chi connectivity index (χ4v) is 5.54. The van der Waals surface area contributed by atoms with Crippen LogP contribution in [0.2, 0.25) is 0 Å². The number of carbonyl (C=O) groups is 2. The highest BCUT2D eigenvalue weighted by atomic mass is 16.6. The highest BCUT2D eigenvalue weighted by Crippen LogP contribution is 2.31. The number of allylic oxidation sites excluding steroid dienone is 1. The summed E-state index contributed by atoms with van der Waals surface area (Å²) in [5.41, 5.74) is 4.77. The maximum Gasteiger partial charge on any atom is 0.410 e. The number of benzene rings is 1. The van der Waals surface area contributed by atoms with Crippen molar-refractivity contribution in [1.82, 2.24) is 14.7 Å². The first kappa shape index (κ1) is 28.0. The molecule has 4 aliphatic rings. The van der Waals surface area contributed by atoms with Crippen LogP contribution in [0.25, 0.3) is 5.57 Å². The average Bonchev–Trinajstić information content (AvgIpc) is 3.24. The first-order valence-electron chi connectivity index (χ1n) is 14.2. The zero-order chi connectivity index (χ0) is 28.3. The Morgan fingerprint density at radius 1 is 1.18 bits per heavy atom. The first-order chi connectivity index (χ1) is 19.2. The van der Waals surface area contributed by atoms with Crippen molar-refractivity contribution in [3.05, 3.63) is 58.7 Å². The highest BCUT2D eigenvalue weighted by molar-refractivity contribution is 5.97. The number of carbonyl (C=O) groups excluding carboxylic acids is 2. The maximum absolute atomic E-state index is 13.4. The number of ether oxygens (including phenoxy) is 2. The molecule has 5 rings (SSSR count). The van der Waals surface area contributed by atoms with Gasteiger partial charge >= 0.3 is 6.09 Å². The van der Waals surface area contributed by atoms with Gasteiger partial charge in [0.05, 0.1) is 18.2 Å². The van der Waals surface area contributed by atoms with Crippen LogP contribution in [-0.2, 0) is 4.74 Å². The summed E-state index contributed by atoms with van der Waals surface area (Å²) < 4.78 is 11.5. The second-order valence-electron chi connectivity index (χ2n) is 11.8. The van der Waals surface area contributed by atoms with Gasteiger partial charge in [-0.15, -0.1) is 0 Å². The molecule has 0 spiro atoms. The summed E-state index contributed by atoms with van der Waals surface area (Å²) in [6, 6.07) is 5.68. The van der Waals surface area contributed by atoms with Crippen LogP contribution in [0.4, 0.5) is 4.79 Å². The van der Waals surface area contributed by atoms with Crippen LogP contribution in [0.3, 0.4) is 0 Å². The molecule has 0 saturated carbocycles. The molecule has 0 aromatic heterocycles. The normalized spacial score (nSPS) is 20.3. The van der Waals surface area contributed by atoms with Gasteiger partial charge in [-0.25, -0.2) is 4.79 Å². The number of amides is 2. The van der Waals surface area contributed by atoms with Gasteiger partial charge in [-0.3, -0.25) is 9.69 Å². The summed E-state index contributed by atoms with van der Waals surface area (Å²) in [4.78, 5) is 31.5. The predicted molar refractivity (Wildman–Crippen MR) is 154 cm³/mol. The van der Waals surface area contributed by atoms with Crippen molar-refractivity contribution < 1.29 is 24.2 Å². The number of β-amino-alcohol motifs (C(OH)–C–C–N with tert-alkyl or cyclic N) is 1. The molecule has 1 atom stereocenters. The lowest BCUT2D eigenvalue weighted by atomic mass is 9.97. The Morgan fingerprint density at radius 3 is 2.80 bits per heavy atom. The summed E-state index contributed by atoms with van der Waals surface area (Å²) in [6.45, 7) is 9.88. The van der Waals surface area contributed by atoms with E-state index in [0.717, 1.165) is 37.1 Å². The molecule has 0 bridgehead atoms. The van der Waals surface area contributed by atoms with Crippen molar-refractivity contribution in [2.45, 2.75) is 51.7 Å². The lowest BCUT2D eigenvalue weighted by Gasteiger charge is -2.32. The minimum Gasteiger partial charge on any atom is -0.491 e. The van der Waals surface area contributed by atoms with Crippen LogP contribution < -0.4 is 4.74 Å². The number of hydrogen-bond acceptors (Lipinski definition) is 6. The highest BCUT2D eigenvalue weighted by Gasteiger charge is 2.28. The van der Waals surface area contributed by atoms with E-state index in [-0.39, 0.29) is 18.5 Å². The quantitative estimate of drug-likeness (QED) is 0.566. The van der Waals surface area contributed by atoms with E-state index in [1.54, 1.807) is 9.80 Å². The predicted octanol–water partition coefficient (Wildman–Crippen LogP) is 3.87. The zero-order valence-electron chi connectivity index (χ0n) is 23.7. The van der Waals surface area contributed by atoms with E-state index in [2.05, 4.69) is 22.8 Å². The third kappa shape index (κ3) is 6.78. The van der Waals surface area contributed by atoms with Crippen molar-refractivity contribution in [1.29, 1.82) is 0 Å². The van der Waals surface area contributed by atoms with Gasteiger partial charge < -0.3 is 24.4 Å². The minimum absolute atomic E-state index is 0.126. The molecular weight excluding hydrogens is 506 g/mol. The third-order valence-electron chi connectivity index (χ3n) is 7.60. The number of aliphatic hydroxyl groups excluding tert-OH is 1. The van der Waals surface area contributed by atoms with E-state index < -0.39 is 11.7 Å². The van der Waals surface area contributed by atoms with Crippen LogP contribution in [-0.4, -0.2) is 95.9 Å². The molecular formula is C32H39N3O5. The summed E-state index contributed by atoms with van der Waals surface area (Å²) in [7, 11) is 0. The molecule has 0 fully saturated rings. The number of fused-ring (bicyclic) bond motifs is 1. The van der Waals surface area contributed by atoms with Crippen LogP contribution in [0.1, 0.15) is 56.0 Å². The molecule has 3 heterocycles. The van der Waals surface area contributed by atoms with Gasteiger partial charge in [-0.2, -0.15) is 0 Å². The second kappa shape index (κ2) is 11.9. The van der Waals surface area contributed by atoms with Gasteiger partial charge in [0.15, 0.2) is 0 Å². The van der Waals surface area contributed by atoms with E-state index >= 15 is 0 Å². The van der Waals surface area contributed by atoms with Crippen molar-refractivity contribution in [2.75, 3.05) is 52.4 Å². The number of nitrogens with zero attached hydrogens (tertiary/aromatic N) is 3. The molecule has 8 heteroatoms. The Labute approximate surface area is 236 Å². The van der Waals surface area contributed by atoms with Gasteiger partial charge in [-0.1, -0.05) is 29.6 Å². The largest absolute Gasteiger partial charge is 0.491 e. The van der Waals surface area contributed by atoms with Crippen molar-refractivity contribution in [3.63, 3.8) is 0 Å². The van der Waals surface area contributed by atoms with Crippen molar-refractivity contribution in [3.8, 4) is 17.6 Å². The summed E-state index contributed by atoms with van der Waals surface area (Å²) in [6.07, 6.45) is 7.56. The zero-order valence-corrected chi connectivity index (χ0v) is 23.7. The van der Waals surface area contributed by atoms with Crippen LogP contribution >= 0.6 is 0 Å². The van der Waals surface area contributed by atoms with Gasteiger partial charge in [0.2, 0.25) is 0 Å².